The Bertz CT molecular complexity index is 949. The van der Waals surface area contributed by atoms with Crippen LogP contribution in [0.1, 0.15) is 29.4 Å². The van der Waals surface area contributed by atoms with E-state index in [0.29, 0.717) is 25.3 Å². The molecule has 2 N–H and O–H groups in total. The molecule has 6 heteroatoms. The van der Waals surface area contributed by atoms with Gasteiger partial charge in [-0.3, -0.25) is 4.79 Å². The second-order valence-corrected chi connectivity index (χ2v) is 7.27. The Morgan fingerprint density at radius 3 is 2.71 bits per heavy atom. The molecule has 0 saturated carbocycles. The molecule has 1 amide bonds. The van der Waals surface area contributed by atoms with Gasteiger partial charge in [0.25, 0.3) is 0 Å². The summed E-state index contributed by atoms with van der Waals surface area (Å²) in [7, 11) is 4.04. The van der Waals surface area contributed by atoms with Gasteiger partial charge < -0.3 is 19.9 Å². The van der Waals surface area contributed by atoms with E-state index in [0.717, 1.165) is 11.0 Å². The molecule has 0 spiro atoms. The number of aliphatic hydroxyl groups excluding tert-OH is 1. The molecular formula is C22H28N4O2. The number of carbonyl (C=O) groups is 1. The third kappa shape index (κ3) is 4.58. The van der Waals surface area contributed by atoms with Crippen LogP contribution in [0.25, 0.3) is 11.0 Å². The van der Waals surface area contributed by atoms with E-state index in [1.165, 1.54) is 11.1 Å². The number of hydrogen-bond acceptors (Lipinski definition) is 4. The molecule has 0 aliphatic carbocycles. The molecule has 0 fully saturated rings. The summed E-state index contributed by atoms with van der Waals surface area (Å²) in [5.41, 5.74) is 4.16. The van der Waals surface area contributed by atoms with Gasteiger partial charge >= 0.3 is 0 Å². The lowest BCUT2D eigenvalue weighted by Crippen LogP contribution is -2.35. The standard InChI is InChI=1S/C22H28N4O2/c1-16-7-6-8-17(13-16)20(25(2)3)14-23-22(28)11-12-26-19-10-5-4-9-18(19)24-21(26)15-27/h4-10,13,20,27H,11-12,14-15H2,1-3H3,(H,23,28). The van der Waals surface area contributed by atoms with Gasteiger partial charge in [-0.15, -0.1) is 0 Å². The van der Waals surface area contributed by atoms with Crippen LogP contribution in [0.4, 0.5) is 0 Å². The Morgan fingerprint density at radius 2 is 2.00 bits per heavy atom. The van der Waals surface area contributed by atoms with E-state index in [9.17, 15) is 9.90 Å². The Hall–Kier alpha value is -2.70. The normalized spacial score (nSPS) is 12.5. The van der Waals surface area contributed by atoms with Crippen molar-refractivity contribution in [3.63, 3.8) is 0 Å². The monoisotopic (exact) mass is 380 g/mol. The number of fused-ring (bicyclic) bond motifs is 1. The molecule has 1 unspecified atom stereocenters. The van der Waals surface area contributed by atoms with Crippen molar-refractivity contribution in [2.24, 2.45) is 0 Å². The van der Waals surface area contributed by atoms with Crippen molar-refractivity contribution < 1.29 is 9.90 Å². The molecule has 0 bridgehead atoms. The summed E-state index contributed by atoms with van der Waals surface area (Å²) in [6.07, 6.45) is 0.335. The highest BCUT2D eigenvalue weighted by atomic mass is 16.3. The van der Waals surface area contributed by atoms with E-state index in [1.807, 2.05) is 49.0 Å². The number of hydrogen-bond donors (Lipinski definition) is 2. The van der Waals surface area contributed by atoms with Crippen LogP contribution in [0.15, 0.2) is 48.5 Å². The summed E-state index contributed by atoms with van der Waals surface area (Å²) >= 11 is 0. The van der Waals surface area contributed by atoms with Crippen molar-refractivity contribution in [2.75, 3.05) is 20.6 Å². The maximum absolute atomic E-state index is 12.5. The number of nitrogens with zero attached hydrogens (tertiary/aromatic N) is 3. The fourth-order valence-corrected chi connectivity index (χ4v) is 3.48. The molecule has 1 heterocycles. The van der Waals surface area contributed by atoms with Crippen molar-refractivity contribution >= 4 is 16.9 Å². The van der Waals surface area contributed by atoms with Crippen molar-refractivity contribution in [2.45, 2.75) is 32.5 Å². The quantitative estimate of drug-likeness (QED) is 0.630. The van der Waals surface area contributed by atoms with Crippen LogP contribution in [0.5, 0.6) is 0 Å². The zero-order chi connectivity index (χ0) is 20.1. The van der Waals surface area contributed by atoms with Gasteiger partial charge in [-0.1, -0.05) is 42.0 Å². The number of para-hydroxylation sites is 2. The number of amides is 1. The zero-order valence-corrected chi connectivity index (χ0v) is 16.7. The van der Waals surface area contributed by atoms with Crippen LogP contribution >= 0.6 is 0 Å². The van der Waals surface area contributed by atoms with E-state index < -0.39 is 0 Å². The van der Waals surface area contributed by atoms with E-state index >= 15 is 0 Å². The van der Waals surface area contributed by atoms with Crippen LogP contribution in [0.2, 0.25) is 0 Å². The third-order valence-corrected chi connectivity index (χ3v) is 4.98. The van der Waals surface area contributed by atoms with Crippen molar-refractivity contribution in [1.29, 1.82) is 0 Å². The topological polar surface area (TPSA) is 70.4 Å². The predicted octanol–water partition coefficient (Wildman–Crippen LogP) is 2.65. The van der Waals surface area contributed by atoms with Gasteiger partial charge in [0, 0.05) is 19.5 Å². The summed E-state index contributed by atoms with van der Waals surface area (Å²) in [5, 5.41) is 12.6. The lowest BCUT2D eigenvalue weighted by atomic mass is 10.0. The molecule has 0 radical (unpaired) electrons. The molecule has 148 valence electrons. The summed E-state index contributed by atoms with van der Waals surface area (Å²) < 4.78 is 1.92. The number of nitrogens with one attached hydrogen (secondary N) is 1. The minimum atomic E-state index is -0.146. The number of aryl methyl sites for hydroxylation is 2. The number of aliphatic hydroxyl groups is 1. The molecule has 2 aromatic carbocycles. The van der Waals surface area contributed by atoms with Gasteiger partial charge in [0.2, 0.25) is 5.91 Å². The van der Waals surface area contributed by atoms with Crippen LogP contribution in [-0.2, 0) is 17.9 Å². The highest BCUT2D eigenvalue weighted by molar-refractivity contribution is 5.78. The number of rotatable bonds is 8. The first-order valence-electron chi connectivity index (χ1n) is 9.54. The minimum absolute atomic E-state index is 0.0128. The van der Waals surface area contributed by atoms with E-state index in [1.54, 1.807) is 0 Å². The third-order valence-electron chi connectivity index (χ3n) is 4.98. The highest BCUT2D eigenvalue weighted by Gasteiger charge is 2.16. The molecule has 0 aliphatic rings. The maximum atomic E-state index is 12.5. The second-order valence-electron chi connectivity index (χ2n) is 7.27. The summed E-state index contributed by atoms with van der Waals surface area (Å²) in [5.74, 6) is 0.570. The first kappa shape index (κ1) is 20.0. The minimum Gasteiger partial charge on any atom is -0.388 e. The molecule has 1 aromatic heterocycles. The largest absolute Gasteiger partial charge is 0.388 e. The first-order chi connectivity index (χ1) is 13.5. The van der Waals surface area contributed by atoms with E-state index in [4.69, 9.17) is 0 Å². The van der Waals surface area contributed by atoms with Crippen LogP contribution < -0.4 is 5.32 Å². The summed E-state index contributed by atoms with van der Waals surface area (Å²) in [6.45, 7) is 2.96. The Balaban J connectivity index is 1.63. The van der Waals surface area contributed by atoms with Crippen LogP contribution in [0, 0.1) is 6.92 Å². The lowest BCUT2D eigenvalue weighted by Gasteiger charge is -2.25. The Labute approximate surface area is 165 Å². The fraction of sp³-hybridized carbons (Fsp3) is 0.364. The maximum Gasteiger partial charge on any atom is 0.221 e. The molecule has 1 atom stereocenters. The molecule has 0 aliphatic heterocycles. The van der Waals surface area contributed by atoms with E-state index in [2.05, 4.69) is 40.3 Å². The summed E-state index contributed by atoms with van der Waals surface area (Å²) in [4.78, 5) is 19.0. The number of likely N-dealkylation sites (N-methyl/N-ethyl adjacent to an activating group) is 1. The number of carbonyl (C=O) groups excluding carboxylic acids is 1. The average Bonchev–Trinajstić information content (AvgIpc) is 3.04. The average molecular weight is 380 g/mol. The van der Waals surface area contributed by atoms with Gasteiger partial charge in [0.15, 0.2) is 0 Å². The highest BCUT2D eigenvalue weighted by Crippen LogP contribution is 2.19. The van der Waals surface area contributed by atoms with Crippen LogP contribution in [-0.4, -0.2) is 46.1 Å². The van der Waals surface area contributed by atoms with E-state index in [-0.39, 0.29) is 18.6 Å². The zero-order valence-electron chi connectivity index (χ0n) is 16.7. The Kier molecular flexibility index (Phi) is 6.44. The Morgan fingerprint density at radius 1 is 1.21 bits per heavy atom. The molecule has 6 nitrogen and oxygen atoms in total. The predicted molar refractivity (Wildman–Crippen MR) is 111 cm³/mol. The van der Waals surface area contributed by atoms with Gasteiger partial charge in [0.1, 0.15) is 12.4 Å². The molecule has 3 rings (SSSR count). The molecule has 28 heavy (non-hydrogen) atoms. The molecule has 0 saturated heterocycles. The van der Waals surface area contributed by atoms with Crippen molar-refractivity contribution in [1.82, 2.24) is 19.8 Å². The second kappa shape index (κ2) is 8.99. The number of aromatic nitrogens is 2. The van der Waals surface area contributed by atoms with Crippen molar-refractivity contribution in [3.8, 4) is 0 Å². The number of benzene rings is 2. The van der Waals surface area contributed by atoms with Crippen LogP contribution in [0.3, 0.4) is 0 Å². The van der Waals surface area contributed by atoms with Gasteiger partial charge in [-0.25, -0.2) is 4.98 Å². The molecular weight excluding hydrogens is 352 g/mol. The first-order valence-corrected chi connectivity index (χ1v) is 9.54. The van der Waals surface area contributed by atoms with Gasteiger partial charge in [-0.05, 0) is 38.7 Å². The molecule has 3 aromatic rings. The fourth-order valence-electron chi connectivity index (χ4n) is 3.48. The summed E-state index contributed by atoms with van der Waals surface area (Å²) in [6, 6.07) is 16.2. The van der Waals surface area contributed by atoms with Crippen molar-refractivity contribution in [3.05, 3.63) is 65.5 Å². The van der Waals surface area contributed by atoms with Gasteiger partial charge in [0.05, 0.1) is 17.1 Å². The smallest absolute Gasteiger partial charge is 0.221 e. The number of imidazole rings is 1. The SMILES string of the molecule is Cc1cccc(C(CNC(=O)CCn2c(CO)nc3ccccc32)N(C)C)c1. The lowest BCUT2D eigenvalue weighted by molar-refractivity contribution is -0.121. The van der Waals surface area contributed by atoms with Gasteiger partial charge in [-0.2, -0.15) is 0 Å².